The molecule has 0 aliphatic carbocycles. The summed E-state index contributed by atoms with van der Waals surface area (Å²) in [4.78, 5) is 6.33. The molecule has 0 unspecified atom stereocenters. The molecule has 0 radical (unpaired) electrons. The molecule has 0 atom stereocenters. The number of nitrogens with zero attached hydrogens (tertiary/aromatic N) is 2. The Morgan fingerprint density at radius 2 is 2.20 bits per heavy atom. The van der Waals surface area contributed by atoms with Crippen LogP contribution in [-0.4, -0.2) is 39.1 Å². The van der Waals surface area contributed by atoms with Crippen LogP contribution in [0.2, 0.25) is 0 Å². The lowest BCUT2D eigenvalue weighted by Gasteiger charge is -2.39. The predicted octanol–water partition coefficient (Wildman–Crippen LogP) is 3.25. The van der Waals surface area contributed by atoms with Gasteiger partial charge in [0.05, 0.1) is 25.0 Å². The first kappa shape index (κ1) is 14.6. The lowest BCUT2D eigenvalue weighted by atomic mass is 10.1. The van der Waals surface area contributed by atoms with Gasteiger partial charge in [0.15, 0.2) is 0 Å². The third-order valence-corrected chi connectivity index (χ3v) is 3.49. The molecule has 4 heteroatoms. The van der Waals surface area contributed by atoms with Crippen LogP contribution in [0.25, 0.3) is 5.76 Å². The summed E-state index contributed by atoms with van der Waals surface area (Å²) in [5.41, 5.74) is 2.66. The highest BCUT2D eigenvalue weighted by Crippen LogP contribution is 2.32. The van der Waals surface area contributed by atoms with E-state index in [0.29, 0.717) is 5.76 Å². The number of ether oxygens (including phenoxy) is 2. The molecule has 1 aliphatic rings. The zero-order chi connectivity index (χ0) is 14.8. The minimum absolute atomic E-state index is 0.133. The molecular formula is C16H22N2O2. The molecule has 1 aromatic carbocycles. The molecule has 1 fully saturated rings. The zero-order valence-corrected chi connectivity index (χ0v) is 12.5. The third-order valence-electron chi connectivity index (χ3n) is 3.49. The van der Waals surface area contributed by atoms with Crippen LogP contribution in [0.15, 0.2) is 29.8 Å². The van der Waals surface area contributed by atoms with Crippen LogP contribution in [0, 0.1) is 0 Å². The van der Waals surface area contributed by atoms with Gasteiger partial charge >= 0.3 is 0 Å². The van der Waals surface area contributed by atoms with Crippen LogP contribution in [0.5, 0.6) is 0 Å². The second-order valence-electron chi connectivity index (χ2n) is 5.52. The van der Waals surface area contributed by atoms with E-state index in [9.17, 15) is 0 Å². The van der Waals surface area contributed by atoms with Crippen LogP contribution < -0.4 is 4.90 Å². The van der Waals surface area contributed by atoms with Crippen molar-refractivity contribution >= 4 is 23.9 Å². The number of hydrogen-bond donors (Lipinski definition) is 0. The lowest BCUT2D eigenvalue weighted by Crippen LogP contribution is -2.48. The highest BCUT2D eigenvalue weighted by Gasteiger charge is 2.27. The lowest BCUT2D eigenvalue weighted by molar-refractivity contribution is -0.0276. The number of morpholine rings is 1. The fourth-order valence-electron chi connectivity index (χ4n) is 2.43. The molecule has 0 spiro atoms. The van der Waals surface area contributed by atoms with Gasteiger partial charge in [-0.05, 0) is 38.8 Å². The number of methoxy groups -OCH3 is 1. The monoisotopic (exact) mass is 274 g/mol. The van der Waals surface area contributed by atoms with Crippen molar-refractivity contribution in [1.82, 2.24) is 0 Å². The molecule has 4 nitrogen and oxygen atoms in total. The zero-order valence-electron chi connectivity index (χ0n) is 12.5. The number of anilines is 1. The fourth-order valence-corrected chi connectivity index (χ4v) is 2.43. The van der Waals surface area contributed by atoms with Crippen molar-refractivity contribution in [2.24, 2.45) is 4.99 Å². The van der Waals surface area contributed by atoms with Gasteiger partial charge in [-0.15, -0.1) is 0 Å². The largest absolute Gasteiger partial charge is 0.497 e. The van der Waals surface area contributed by atoms with E-state index in [-0.39, 0.29) is 5.60 Å². The van der Waals surface area contributed by atoms with E-state index in [0.717, 1.165) is 36.6 Å². The Labute approximate surface area is 120 Å². The number of rotatable bonds is 4. The second kappa shape index (κ2) is 5.67. The Bertz CT molecular complexity index is 523. The van der Waals surface area contributed by atoms with E-state index >= 15 is 0 Å². The Morgan fingerprint density at radius 1 is 1.45 bits per heavy atom. The molecule has 0 aromatic heterocycles. The summed E-state index contributed by atoms with van der Waals surface area (Å²) < 4.78 is 11.0. The van der Waals surface area contributed by atoms with Crippen LogP contribution in [0.4, 0.5) is 11.4 Å². The number of aliphatic imine (C=N–C) groups is 1. The van der Waals surface area contributed by atoms with Gasteiger partial charge in [-0.3, -0.25) is 4.99 Å². The molecule has 0 amide bonds. The topological polar surface area (TPSA) is 34.1 Å². The van der Waals surface area contributed by atoms with Crippen LogP contribution >= 0.6 is 0 Å². The normalized spacial score (nSPS) is 17.6. The molecule has 108 valence electrons. The van der Waals surface area contributed by atoms with Gasteiger partial charge in [0.25, 0.3) is 0 Å². The summed E-state index contributed by atoms with van der Waals surface area (Å²) >= 11 is 0. The van der Waals surface area contributed by atoms with E-state index in [1.807, 2.05) is 6.07 Å². The molecule has 20 heavy (non-hydrogen) atoms. The summed E-state index contributed by atoms with van der Waals surface area (Å²) in [7, 11) is 1.61. The average molecular weight is 274 g/mol. The van der Waals surface area contributed by atoms with Crippen molar-refractivity contribution in [2.75, 3.05) is 31.7 Å². The highest BCUT2D eigenvalue weighted by atomic mass is 16.5. The van der Waals surface area contributed by atoms with Gasteiger partial charge in [-0.25, -0.2) is 0 Å². The number of hydrogen-bond acceptors (Lipinski definition) is 4. The molecule has 1 aliphatic heterocycles. The highest BCUT2D eigenvalue weighted by molar-refractivity contribution is 5.74. The molecular weight excluding hydrogens is 252 g/mol. The van der Waals surface area contributed by atoms with E-state index in [1.165, 1.54) is 0 Å². The quantitative estimate of drug-likeness (QED) is 0.624. The van der Waals surface area contributed by atoms with Gasteiger partial charge in [0.1, 0.15) is 5.76 Å². The van der Waals surface area contributed by atoms with Crippen molar-refractivity contribution < 1.29 is 9.47 Å². The summed E-state index contributed by atoms with van der Waals surface area (Å²) in [6.45, 7) is 14.2. The third kappa shape index (κ3) is 3.02. The first-order chi connectivity index (χ1) is 9.46. The molecule has 1 aromatic rings. The average Bonchev–Trinajstić information content (AvgIpc) is 2.44. The minimum Gasteiger partial charge on any atom is -0.497 e. The van der Waals surface area contributed by atoms with Gasteiger partial charge < -0.3 is 14.4 Å². The van der Waals surface area contributed by atoms with Gasteiger partial charge in [0, 0.05) is 24.3 Å². The first-order valence-electron chi connectivity index (χ1n) is 6.70. The maximum atomic E-state index is 5.75. The van der Waals surface area contributed by atoms with E-state index in [1.54, 1.807) is 7.11 Å². The number of benzene rings is 1. The van der Waals surface area contributed by atoms with Crippen molar-refractivity contribution in [3.8, 4) is 0 Å². The van der Waals surface area contributed by atoms with E-state index in [4.69, 9.17) is 9.47 Å². The fraction of sp³-hybridized carbons (Fsp3) is 0.438. The van der Waals surface area contributed by atoms with Gasteiger partial charge in [0.2, 0.25) is 0 Å². The Morgan fingerprint density at radius 3 is 2.80 bits per heavy atom. The molecule has 2 rings (SSSR count). The Kier molecular flexibility index (Phi) is 4.14. The van der Waals surface area contributed by atoms with Gasteiger partial charge in [-0.2, -0.15) is 0 Å². The van der Waals surface area contributed by atoms with Crippen molar-refractivity contribution in [1.29, 1.82) is 0 Å². The summed E-state index contributed by atoms with van der Waals surface area (Å²) in [5.74, 6) is 0.599. The predicted molar refractivity (Wildman–Crippen MR) is 83.9 cm³/mol. The van der Waals surface area contributed by atoms with Crippen molar-refractivity contribution in [3.63, 3.8) is 0 Å². The molecule has 1 saturated heterocycles. The van der Waals surface area contributed by atoms with Crippen molar-refractivity contribution in [3.05, 3.63) is 30.3 Å². The molecule has 1 heterocycles. The van der Waals surface area contributed by atoms with Crippen LogP contribution in [-0.2, 0) is 9.47 Å². The Hall–Kier alpha value is -1.81. The maximum Gasteiger partial charge on any atom is 0.121 e. The molecule has 0 bridgehead atoms. The minimum atomic E-state index is -0.133. The van der Waals surface area contributed by atoms with Crippen LogP contribution in [0.1, 0.15) is 19.4 Å². The Balaban J connectivity index is 2.33. The molecule has 0 saturated carbocycles. The smallest absolute Gasteiger partial charge is 0.121 e. The van der Waals surface area contributed by atoms with Gasteiger partial charge in [-0.1, -0.05) is 6.58 Å². The molecule has 0 N–H and O–H groups in total. The van der Waals surface area contributed by atoms with Crippen molar-refractivity contribution in [2.45, 2.75) is 19.4 Å². The van der Waals surface area contributed by atoms with E-state index < -0.39 is 0 Å². The summed E-state index contributed by atoms with van der Waals surface area (Å²) in [6.07, 6.45) is 0. The standard InChI is InChI=1S/C16H22N2O2/c1-12(19-5)14-10-13(6-7-15(14)17-4)18-8-9-20-16(2,3)11-18/h6-7,10H,1,4,8-9,11H2,2-3,5H3. The second-order valence-corrected chi connectivity index (χ2v) is 5.52. The van der Waals surface area contributed by atoms with E-state index in [2.05, 4.69) is 49.2 Å². The summed E-state index contributed by atoms with van der Waals surface area (Å²) in [6, 6.07) is 6.05. The summed E-state index contributed by atoms with van der Waals surface area (Å²) in [5, 5.41) is 0. The SMILES string of the molecule is C=Nc1ccc(N2CCOC(C)(C)C2)cc1C(=C)OC. The first-order valence-corrected chi connectivity index (χ1v) is 6.70. The van der Waals surface area contributed by atoms with Crippen LogP contribution in [0.3, 0.4) is 0 Å². The maximum absolute atomic E-state index is 5.75.